The molecule has 1 saturated heterocycles. The summed E-state index contributed by atoms with van der Waals surface area (Å²) in [6.45, 7) is 4.07. The number of nitrogens with zero attached hydrogens (tertiary/aromatic N) is 4. The third-order valence-corrected chi connectivity index (χ3v) is 10.0. The van der Waals surface area contributed by atoms with Gasteiger partial charge in [-0.25, -0.2) is 4.98 Å². The number of aromatic nitrogens is 2. The molecule has 0 radical (unpaired) electrons. The Morgan fingerprint density at radius 2 is 1.76 bits per heavy atom. The van der Waals surface area contributed by atoms with E-state index in [1.807, 2.05) is 11.3 Å². The van der Waals surface area contributed by atoms with E-state index in [0.29, 0.717) is 5.91 Å². The fourth-order valence-corrected chi connectivity index (χ4v) is 7.57. The van der Waals surface area contributed by atoms with Crippen LogP contribution in [0.2, 0.25) is 0 Å². The van der Waals surface area contributed by atoms with Gasteiger partial charge in [-0.1, -0.05) is 55.0 Å². The quantitative estimate of drug-likeness (QED) is 0.229. The zero-order valence-electron chi connectivity index (χ0n) is 23.5. The van der Waals surface area contributed by atoms with Gasteiger partial charge < -0.3 is 14.0 Å². The van der Waals surface area contributed by atoms with E-state index in [4.69, 9.17) is 9.72 Å². The molecule has 2 aromatic carbocycles. The second-order valence-electron chi connectivity index (χ2n) is 11.4. The Kier molecular flexibility index (Phi) is 7.33. The van der Waals surface area contributed by atoms with Crippen molar-refractivity contribution < 1.29 is 9.53 Å². The molecular formula is C34H36N4O2S. The number of piperazine rings is 1. The highest BCUT2D eigenvalue weighted by Crippen LogP contribution is 2.35. The third-order valence-electron chi connectivity index (χ3n) is 8.84. The molecule has 2 unspecified atom stereocenters. The molecule has 7 rings (SSSR count). The van der Waals surface area contributed by atoms with E-state index in [2.05, 4.69) is 93.2 Å². The number of ether oxygens (including phenoxy) is 1. The maximum absolute atomic E-state index is 13.3. The maximum Gasteiger partial charge on any atom is 0.225 e. The van der Waals surface area contributed by atoms with Gasteiger partial charge in [0.15, 0.2) is 0 Å². The molecule has 7 heteroatoms. The topological polar surface area (TPSA) is 50.1 Å². The molecule has 1 amide bonds. The smallest absolute Gasteiger partial charge is 0.225 e. The molecule has 2 atom stereocenters. The van der Waals surface area contributed by atoms with Crippen LogP contribution in [0.15, 0.2) is 79.0 Å². The Morgan fingerprint density at radius 3 is 2.56 bits per heavy atom. The number of fused-ring (bicyclic) bond motifs is 2. The zero-order chi connectivity index (χ0) is 27.8. The zero-order valence-corrected chi connectivity index (χ0v) is 24.4. The minimum Gasteiger partial charge on any atom is -0.381 e. The van der Waals surface area contributed by atoms with Crippen molar-refractivity contribution in [2.45, 2.75) is 38.3 Å². The number of hydrogen-bond donors (Lipinski definition) is 0. The first-order valence-corrected chi connectivity index (χ1v) is 15.6. The summed E-state index contributed by atoms with van der Waals surface area (Å²) in [5.41, 5.74) is 5.53. The molecule has 1 aliphatic carbocycles. The number of carbonyl (C=O) groups excluding carboxylic acids is 1. The first kappa shape index (κ1) is 26.4. The Morgan fingerprint density at radius 1 is 0.951 bits per heavy atom. The van der Waals surface area contributed by atoms with E-state index in [1.54, 1.807) is 7.11 Å². The molecular weight excluding hydrogens is 528 g/mol. The Balaban J connectivity index is 1.15. The molecule has 2 aliphatic rings. The number of carbonyl (C=O) groups is 1. The third kappa shape index (κ3) is 5.30. The largest absolute Gasteiger partial charge is 0.381 e. The number of pyridine rings is 1. The summed E-state index contributed by atoms with van der Waals surface area (Å²) < 4.78 is 9.17. The van der Waals surface area contributed by atoms with Crippen LogP contribution in [-0.2, 0) is 16.1 Å². The van der Waals surface area contributed by atoms with Gasteiger partial charge in [0, 0.05) is 72.7 Å². The summed E-state index contributed by atoms with van der Waals surface area (Å²) in [5.74, 6) is 0.426. The van der Waals surface area contributed by atoms with Crippen LogP contribution in [0.4, 0.5) is 0 Å². The summed E-state index contributed by atoms with van der Waals surface area (Å²) >= 11 is 1.83. The van der Waals surface area contributed by atoms with Crippen molar-refractivity contribution in [1.82, 2.24) is 19.2 Å². The number of methoxy groups -OCH3 is 1. The fourth-order valence-electron chi connectivity index (χ4n) is 6.52. The SMILES string of the molecule is COC1CCCC(C(=O)N2CCN(Cc3c(-c4ccccc4)nc4ccc(-c5cc6ccccc6s5)cn34)CC2)C1. The van der Waals surface area contributed by atoms with Crippen LogP contribution < -0.4 is 0 Å². The highest BCUT2D eigenvalue weighted by molar-refractivity contribution is 7.22. The molecule has 1 saturated carbocycles. The minimum atomic E-state index is 0.107. The highest BCUT2D eigenvalue weighted by Gasteiger charge is 2.32. The van der Waals surface area contributed by atoms with E-state index in [-0.39, 0.29) is 12.0 Å². The Bertz CT molecular complexity index is 1640. The van der Waals surface area contributed by atoms with Crippen molar-refractivity contribution in [2.75, 3.05) is 33.3 Å². The molecule has 0 spiro atoms. The number of amides is 1. The van der Waals surface area contributed by atoms with Crippen LogP contribution in [0.1, 0.15) is 31.4 Å². The van der Waals surface area contributed by atoms with E-state index in [1.165, 1.54) is 26.2 Å². The number of rotatable bonds is 6. The van der Waals surface area contributed by atoms with Crippen LogP contribution in [0, 0.1) is 5.92 Å². The van der Waals surface area contributed by atoms with E-state index in [0.717, 1.165) is 75.3 Å². The van der Waals surface area contributed by atoms with E-state index < -0.39 is 0 Å². The summed E-state index contributed by atoms with van der Waals surface area (Å²) in [4.78, 5) is 24.3. The fraction of sp³-hybridized carbons (Fsp3) is 0.353. The van der Waals surface area contributed by atoms with Gasteiger partial charge in [-0.2, -0.15) is 0 Å². The van der Waals surface area contributed by atoms with Crippen LogP contribution >= 0.6 is 11.3 Å². The molecule has 41 heavy (non-hydrogen) atoms. The normalized spacial score (nSPS) is 20.2. The summed E-state index contributed by atoms with van der Waals surface area (Å²) in [7, 11) is 1.77. The first-order valence-electron chi connectivity index (χ1n) is 14.8. The predicted octanol–water partition coefficient (Wildman–Crippen LogP) is 6.73. The number of thiophene rings is 1. The van der Waals surface area contributed by atoms with E-state index in [9.17, 15) is 4.79 Å². The molecule has 0 N–H and O–H groups in total. The van der Waals surface area contributed by atoms with Gasteiger partial charge in [-0.15, -0.1) is 11.3 Å². The lowest BCUT2D eigenvalue weighted by Gasteiger charge is -2.38. The first-order chi connectivity index (χ1) is 20.2. The second-order valence-corrected chi connectivity index (χ2v) is 12.5. The van der Waals surface area contributed by atoms with Gasteiger partial charge in [0.1, 0.15) is 5.65 Å². The maximum atomic E-state index is 13.3. The average molecular weight is 565 g/mol. The molecule has 3 aromatic heterocycles. The van der Waals surface area contributed by atoms with Gasteiger partial charge in [0.25, 0.3) is 0 Å². The van der Waals surface area contributed by atoms with Gasteiger partial charge >= 0.3 is 0 Å². The van der Waals surface area contributed by atoms with Gasteiger partial charge in [0.05, 0.1) is 17.5 Å². The van der Waals surface area contributed by atoms with Gasteiger partial charge in [-0.05, 0) is 48.9 Å². The van der Waals surface area contributed by atoms with E-state index >= 15 is 0 Å². The average Bonchev–Trinajstić information content (AvgIpc) is 3.63. The highest BCUT2D eigenvalue weighted by atomic mass is 32.1. The molecule has 5 aromatic rings. The predicted molar refractivity (Wildman–Crippen MR) is 166 cm³/mol. The van der Waals surface area contributed by atoms with Gasteiger partial charge in [-0.3, -0.25) is 9.69 Å². The Labute approximate surface area is 245 Å². The minimum absolute atomic E-state index is 0.107. The lowest BCUT2D eigenvalue weighted by Crippen LogP contribution is -2.50. The van der Waals surface area contributed by atoms with Crippen molar-refractivity contribution >= 4 is 33.0 Å². The molecule has 2 fully saturated rings. The molecule has 0 bridgehead atoms. The summed E-state index contributed by atoms with van der Waals surface area (Å²) in [6.07, 6.45) is 6.48. The number of hydrogen-bond acceptors (Lipinski definition) is 5. The van der Waals surface area contributed by atoms with Crippen LogP contribution in [0.3, 0.4) is 0 Å². The van der Waals surface area contributed by atoms with Crippen molar-refractivity contribution in [3.05, 3.63) is 84.7 Å². The Hall–Kier alpha value is -3.52. The van der Waals surface area contributed by atoms with Crippen molar-refractivity contribution in [3.8, 4) is 21.7 Å². The molecule has 210 valence electrons. The van der Waals surface area contributed by atoms with Crippen molar-refractivity contribution in [3.63, 3.8) is 0 Å². The monoisotopic (exact) mass is 564 g/mol. The standard InChI is InChI=1S/C34H36N4O2S/c1-40-28-12-7-11-26(20-28)34(39)37-18-16-36(17-19-37)23-29-33(24-8-3-2-4-9-24)35-32-15-14-27(22-38(29)32)31-21-25-10-5-6-13-30(25)41-31/h2-6,8-10,13-15,21-22,26,28H,7,11-12,16-20,23H2,1H3. The lowest BCUT2D eigenvalue weighted by molar-refractivity contribution is -0.140. The van der Waals surface area contributed by atoms with Crippen LogP contribution in [0.25, 0.3) is 37.4 Å². The van der Waals surface area contributed by atoms with Crippen molar-refractivity contribution in [1.29, 1.82) is 0 Å². The number of benzene rings is 2. The summed E-state index contributed by atoms with van der Waals surface area (Å²) in [6, 6.07) is 25.7. The van der Waals surface area contributed by atoms with Crippen LogP contribution in [-0.4, -0.2) is 64.5 Å². The second kappa shape index (κ2) is 11.4. The number of imidazole rings is 1. The lowest BCUT2D eigenvalue weighted by atomic mass is 9.86. The molecule has 1 aliphatic heterocycles. The van der Waals surface area contributed by atoms with Gasteiger partial charge in [0.2, 0.25) is 5.91 Å². The van der Waals surface area contributed by atoms with Crippen molar-refractivity contribution in [2.24, 2.45) is 5.92 Å². The summed E-state index contributed by atoms with van der Waals surface area (Å²) in [5, 5.41) is 1.28. The van der Waals surface area contributed by atoms with Crippen LogP contribution in [0.5, 0.6) is 0 Å². The molecule has 4 heterocycles. The molecule has 6 nitrogen and oxygen atoms in total.